The van der Waals surface area contributed by atoms with Crippen LogP contribution >= 0.6 is 0 Å². The van der Waals surface area contributed by atoms with E-state index in [9.17, 15) is 43.9 Å². The number of allylic oxidation sites excluding steroid dienone is 1. The Kier molecular flexibility index (Phi) is 10.1. The van der Waals surface area contributed by atoms with Gasteiger partial charge in [0.2, 0.25) is 0 Å². The van der Waals surface area contributed by atoms with E-state index in [1.807, 2.05) is 4.74 Å². The number of ether oxygens (including phenoxy) is 2. The van der Waals surface area contributed by atoms with Crippen LogP contribution < -0.4 is 0 Å². The molecule has 0 aromatic rings. The molecule has 0 rings (SSSR count). The molecule has 0 bridgehead atoms. The van der Waals surface area contributed by atoms with Crippen molar-refractivity contribution in [1.82, 2.24) is 0 Å². The number of unbranched alkanes of at least 4 members (excludes halogenated alkanes) is 4. The molecule has 0 amide bonds. The molecule has 12 heteroatoms. The molecule has 2 nitrogen and oxygen atoms in total. The zero-order chi connectivity index (χ0) is 21.4. The minimum Gasteiger partial charge on any atom is -0.372 e. The van der Waals surface area contributed by atoms with E-state index in [1.54, 1.807) is 6.08 Å². The summed E-state index contributed by atoms with van der Waals surface area (Å²) in [7, 11) is 0. The molecule has 0 aliphatic heterocycles. The molecular formula is C15H20F10O2. The molecule has 0 spiro atoms. The molecule has 1 atom stereocenters. The topological polar surface area (TPSA) is 18.5 Å². The second-order valence-electron chi connectivity index (χ2n) is 5.73. The molecule has 0 aromatic heterocycles. The van der Waals surface area contributed by atoms with Gasteiger partial charge in [0.1, 0.15) is 12.8 Å². The van der Waals surface area contributed by atoms with Gasteiger partial charge in [-0.2, -0.15) is 39.5 Å². The Morgan fingerprint density at radius 3 is 1.89 bits per heavy atom. The second kappa shape index (κ2) is 10.5. The van der Waals surface area contributed by atoms with Crippen molar-refractivity contribution in [3.63, 3.8) is 0 Å². The molecule has 0 heterocycles. The Balaban J connectivity index is 4.35. The van der Waals surface area contributed by atoms with Crippen molar-refractivity contribution >= 4 is 0 Å². The van der Waals surface area contributed by atoms with E-state index in [0.717, 1.165) is 19.3 Å². The van der Waals surface area contributed by atoms with Crippen LogP contribution in [0, 0.1) is 0 Å². The molecule has 0 radical (unpaired) electrons. The molecule has 0 fully saturated rings. The number of hydrogen-bond acceptors (Lipinski definition) is 2. The smallest absolute Gasteiger partial charge is 0.372 e. The lowest BCUT2D eigenvalue weighted by molar-refractivity contribution is -0.487. The average molecular weight is 422 g/mol. The van der Waals surface area contributed by atoms with Crippen molar-refractivity contribution in [1.29, 1.82) is 0 Å². The highest BCUT2D eigenvalue weighted by Gasteiger charge is 2.70. The van der Waals surface area contributed by atoms with Crippen LogP contribution in [0.1, 0.15) is 38.5 Å². The number of hydrogen-bond donors (Lipinski definition) is 0. The van der Waals surface area contributed by atoms with Gasteiger partial charge in [0.15, 0.2) is 0 Å². The third kappa shape index (κ3) is 9.13. The lowest BCUT2D eigenvalue weighted by Crippen LogP contribution is -2.53. The van der Waals surface area contributed by atoms with Crippen molar-refractivity contribution in [2.45, 2.75) is 69.0 Å². The monoisotopic (exact) mass is 422 g/mol. The normalized spacial score (nSPS) is 15.0. The highest BCUT2D eigenvalue weighted by molar-refractivity contribution is 4.80. The highest BCUT2D eigenvalue weighted by atomic mass is 19.4. The fourth-order valence-electron chi connectivity index (χ4n) is 1.78. The SMILES string of the molecule is C=CCCCCCC[C@H](F)COCC(F)(F)C(F)(F)OC(F)(F)C(F)(F)F. The summed E-state index contributed by atoms with van der Waals surface area (Å²) in [5.41, 5.74) is 0. The largest absolute Gasteiger partial charge is 0.483 e. The Bertz CT molecular complexity index is 437. The lowest BCUT2D eigenvalue weighted by atomic mass is 10.1. The lowest BCUT2D eigenvalue weighted by Gasteiger charge is -2.30. The van der Waals surface area contributed by atoms with Gasteiger partial charge in [0.25, 0.3) is 0 Å². The van der Waals surface area contributed by atoms with E-state index in [-0.39, 0.29) is 6.42 Å². The fourth-order valence-corrected chi connectivity index (χ4v) is 1.78. The standard InChI is InChI=1S/C15H20F10O2/c1-2-3-4-5-6-7-8-11(16)9-26-10-12(17,18)14(22,23)27-15(24,25)13(19,20)21/h2,11H,1,3-10H2/t11-/m0/s1. The first-order chi connectivity index (χ1) is 12.2. The van der Waals surface area contributed by atoms with Crippen LogP contribution in [0.5, 0.6) is 0 Å². The highest BCUT2D eigenvalue weighted by Crippen LogP contribution is 2.45. The Labute approximate surface area is 149 Å². The first kappa shape index (κ1) is 26.0. The number of alkyl halides is 10. The Morgan fingerprint density at radius 2 is 1.37 bits per heavy atom. The number of halogens is 10. The first-order valence-electron chi connectivity index (χ1n) is 7.89. The second-order valence-corrected chi connectivity index (χ2v) is 5.73. The van der Waals surface area contributed by atoms with Crippen LogP contribution in [0.2, 0.25) is 0 Å². The fraction of sp³-hybridized carbons (Fsp3) is 0.867. The summed E-state index contributed by atoms with van der Waals surface area (Å²) in [5.74, 6) is -5.54. The van der Waals surface area contributed by atoms with Crippen LogP contribution in [0.25, 0.3) is 0 Å². The van der Waals surface area contributed by atoms with Crippen molar-refractivity contribution < 1.29 is 53.4 Å². The van der Waals surface area contributed by atoms with Crippen LogP contribution in [0.4, 0.5) is 43.9 Å². The van der Waals surface area contributed by atoms with Crippen molar-refractivity contribution in [3.8, 4) is 0 Å². The summed E-state index contributed by atoms with van der Waals surface area (Å²) in [6.07, 6.45) is -16.1. The zero-order valence-corrected chi connectivity index (χ0v) is 14.1. The summed E-state index contributed by atoms with van der Waals surface area (Å²) >= 11 is 0. The summed E-state index contributed by atoms with van der Waals surface area (Å²) in [5, 5.41) is 0. The number of rotatable bonds is 14. The Hall–Kier alpha value is -1.04. The van der Waals surface area contributed by atoms with E-state index in [4.69, 9.17) is 0 Å². The molecule has 0 N–H and O–H groups in total. The van der Waals surface area contributed by atoms with E-state index < -0.39 is 43.7 Å². The summed E-state index contributed by atoms with van der Waals surface area (Å²) in [6.45, 7) is 0.166. The summed E-state index contributed by atoms with van der Waals surface area (Å²) in [6, 6.07) is 0. The van der Waals surface area contributed by atoms with Crippen LogP contribution in [-0.2, 0) is 9.47 Å². The molecule has 0 aliphatic rings. The maximum atomic E-state index is 13.4. The quantitative estimate of drug-likeness (QED) is 0.187. The molecule has 27 heavy (non-hydrogen) atoms. The minimum atomic E-state index is -6.62. The molecule has 0 unspecified atom stereocenters. The molecule has 0 aliphatic carbocycles. The van der Waals surface area contributed by atoms with Gasteiger partial charge in [-0.05, 0) is 19.3 Å². The van der Waals surface area contributed by atoms with Gasteiger partial charge in [0.05, 0.1) is 6.61 Å². The van der Waals surface area contributed by atoms with Gasteiger partial charge in [-0.3, -0.25) is 0 Å². The molecule has 162 valence electrons. The van der Waals surface area contributed by atoms with E-state index in [2.05, 4.69) is 11.3 Å². The van der Waals surface area contributed by atoms with Crippen LogP contribution in [-0.4, -0.2) is 43.7 Å². The molecule has 0 saturated heterocycles. The van der Waals surface area contributed by atoms with Gasteiger partial charge in [-0.15, -0.1) is 6.58 Å². The minimum absolute atomic E-state index is 0.112. The van der Waals surface area contributed by atoms with Crippen molar-refractivity contribution in [2.24, 2.45) is 0 Å². The molecule has 0 saturated carbocycles. The third-order valence-electron chi connectivity index (χ3n) is 3.27. The maximum Gasteiger partial charge on any atom is 0.483 e. The predicted molar refractivity (Wildman–Crippen MR) is 75.6 cm³/mol. The van der Waals surface area contributed by atoms with Crippen LogP contribution in [0.3, 0.4) is 0 Å². The van der Waals surface area contributed by atoms with E-state index >= 15 is 0 Å². The molecular weight excluding hydrogens is 402 g/mol. The van der Waals surface area contributed by atoms with E-state index in [0.29, 0.717) is 12.8 Å². The zero-order valence-electron chi connectivity index (χ0n) is 14.1. The van der Waals surface area contributed by atoms with Crippen LogP contribution in [0.15, 0.2) is 12.7 Å². The van der Waals surface area contributed by atoms with Crippen molar-refractivity contribution in [2.75, 3.05) is 13.2 Å². The summed E-state index contributed by atoms with van der Waals surface area (Å²) < 4.78 is 132. The van der Waals surface area contributed by atoms with Crippen molar-refractivity contribution in [3.05, 3.63) is 12.7 Å². The van der Waals surface area contributed by atoms with Gasteiger partial charge in [-0.1, -0.05) is 25.3 Å². The Morgan fingerprint density at radius 1 is 0.815 bits per heavy atom. The third-order valence-corrected chi connectivity index (χ3v) is 3.27. The van der Waals surface area contributed by atoms with Gasteiger partial charge >= 0.3 is 24.3 Å². The van der Waals surface area contributed by atoms with E-state index in [1.165, 1.54) is 0 Å². The first-order valence-corrected chi connectivity index (χ1v) is 7.89. The van der Waals surface area contributed by atoms with Gasteiger partial charge in [0, 0.05) is 0 Å². The summed E-state index contributed by atoms with van der Waals surface area (Å²) in [4.78, 5) is 0. The molecule has 0 aromatic carbocycles. The van der Waals surface area contributed by atoms with Gasteiger partial charge < -0.3 is 4.74 Å². The maximum absolute atomic E-state index is 13.4. The average Bonchev–Trinajstić information content (AvgIpc) is 2.48. The predicted octanol–water partition coefficient (Wildman–Crippen LogP) is 6.27. The van der Waals surface area contributed by atoms with Gasteiger partial charge in [-0.25, -0.2) is 9.13 Å².